The quantitative estimate of drug-likeness (QED) is 0.267. The van der Waals surface area contributed by atoms with Gasteiger partial charge in [-0.1, -0.05) is 0 Å². The molecule has 4 aromatic rings. The van der Waals surface area contributed by atoms with Gasteiger partial charge in [0.2, 0.25) is 0 Å². The Hall–Kier alpha value is -2.34. The topological polar surface area (TPSA) is 0 Å². The molecule has 132 valence electrons. The molecule has 4 aromatic carbocycles. The smallest absolute Gasteiger partial charge is 0.000753 e. The van der Waals surface area contributed by atoms with Crippen LogP contribution in [0.2, 0.25) is 0 Å². The minimum atomic E-state index is 1.14. The Morgan fingerprint density at radius 1 is 0.296 bits per heavy atom. The van der Waals surface area contributed by atoms with Gasteiger partial charge in [-0.15, -0.1) is 0 Å². The molecule has 0 spiro atoms. The molecule has 0 bridgehead atoms. The maximum absolute atomic E-state index is 2.37. The molecule has 0 heteroatoms. The van der Waals surface area contributed by atoms with Crippen molar-refractivity contribution in [1.82, 2.24) is 0 Å². The van der Waals surface area contributed by atoms with Crippen LogP contribution in [0.15, 0.2) is 0 Å². The Kier molecular flexibility index (Phi) is 2.21. The van der Waals surface area contributed by atoms with Gasteiger partial charge in [0.05, 0.1) is 0 Å². The number of hydrogen-bond acceptors (Lipinski definition) is 0. The van der Waals surface area contributed by atoms with E-state index in [9.17, 15) is 0 Å². The summed E-state index contributed by atoms with van der Waals surface area (Å²) < 4.78 is 0. The molecular formula is C27H24. The molecule has 0 saturated heterocycles. The zero-order valence-corrected chi connectivity index (χ0v) is 17.1. The molecule has 0 saturated carbocycles. The van der Waals surface area contributed by atoms with E-state index >= 15 is 0 Å². The lowest BCUT2D eigenvalue weighted by Gasteiger charge is -2.15. The third kappa shape index (κ3) is 1.27. The van der Waals surface area contributed by atoms with Crippen molar-refractivity contribution in [2.45, 2.75) is 60.8 Å². The van der Waals surface area contributed by atoms with Crippen LogP contribution in [-0.2, 0) is 19.3 Å². The van der Waals surface area contributed by atoms with Crippen molar-refractivity contribution in [1.29, 1.82) is 0 Å². The molecule has 0 nitrogen and oxygen atoms in total. The highest BCUT2D eigenvalue weighted by atomic mass is 14.4. The first-order valence-electron chi connectivity index (χ1n) is 10.4. The molecule has 0 atom stereocenters. The van der Waals surface area contributed by atoms with E-state index in [2.05, 4.69) is 41.5 Å². The van der Waals surface area contributed by atoms with Gasteiger partial charge in [0.25, 0.3) is 0 Å². The van der Waals surface area contributed by atoms with Crippen LogP contribution < -0.4 is 0 Å². The Morgan fingerprint density at radius 3 is 0.593 bits per heavy atom. The molecule has 0 fully saturated rings. The number of benzene rings is 4. The fourth-order valence-electron chi connectivity index (χ4n) is 6.90. The second-order valence-electron chi connectivity index (χ2n) is 9.40. The summed E-state index contributed by atoms with van der Waals surface area (Å²) in [6, 6.07) is 0. The van der Waals surface area contributed by atoms with Crippen LogP contribution in [0.1, 0.15) is 66.8 Å². The van der Waals surface area contributed by atoms with Crippen LogP contribution in [0.5, 0.6) is 0 Å². The molecular weight excluding hydrogens is 324 g/mol. The second-order valence-corrected chi connectivity index (χ2v) is 9.40. The van der Waals surface area contributed by atoms with Crippen molar-refractivity contribution in [3.8, 4) is 0 Å². The van der Waals surface area contributed by atoms with Crippen molar-refractivity contribution in [3.63, 3.8) is 0 Å². The second kappa shape index (κ2) is 4.07. The van der Waals surface area contributed by atoms with Crippen LogP contribution in [0, 0.1) is 41.5 Å². The molecule has 7 rings (SSSR count). The summed E-state index contributed by atoms with van der Waals surface area (Å²) >= 11 is 0. The standard InChI is InChI=1S/C27H24/c1-10-11(2)17-8-19-14(5)15(6)21-9-20-13(4)12(3)18-7-16(10)22-23(17)25(19)27(21)26(20)24(18)22/h7-9H2,1-6H3. The highest BCUT2D eigenvalue weighted by Crippen LogP contribution is 2.57. The zero-order chi connectivity index (χ0) is 18.5. The van der Waals surface area contributed by atoms with Crippen molar-refractivity contribution in [2.24, 2.45) is 0 Å². The van der Waals surface area contributed by atoms with Crippen LogP contribution in [0.3, 0.4) is 0 Å². The van der Waals surface area contributed by atoms with Gasteiger partial charge in [0.1, 0.15) is 0 Å². The normalized spacial score (nSPS) is 15.3. The first kappa shape index (κ1) is 14.7. The van der Waals surface area contributed by atoms with Gasteiger partial charge in [-0.25, -0.2) is 0 Å². The molecule has 0 radical (unpaired) electrons. The lowest BCUT2D eigenvalue weighted by atomic mass is 9.88. The monoisotopic (exact) mass is 348 g/mol. The summed E-state index contributed by atoms with van der Waals surface area (Å²) in [4.78, 5) is 0. The Balaban J connectivity index is 1.96. The molecule has 0 aliphatic heterocycles. The molecule has 3 aliphatic carbocycles. The predicted octanol–water partition coefficient (Wildman–Crippen LogP) is 6.71. The molecule has 0 amide bonds. The van der Waals surface area contributed by atoms with Gasteiger partial charge in [0, 0.05) is 0 Å². The average Bonchev–Trinajstić information content (AvgIpc) is 3.32. The fourth-order valence-corrected chi connectivity index (χ4v) is 6.90. The van der Waals surface area contributed by atoms with Crippen molar-refractivity contribution in [2.75, 3.05) is 0 Å². The van der Waals surface area contributed by atoms with Gasteiger partial charge in [-0.3, -0.25) is 0 Å². The molecule has 0 aromatic heterocycles. The van der Waals surface area contributed by atoms with Crippen molar-refractivity contribution in [3.05, 3.63) is 66.8 Å². The molecule has 27 heavy (non-hydrogen) atoms. The van der Waals surface area contributed by atoms with E-state index in [1.165, 1.54) is 0 Å². The van der Waals surface area contributed by atoms with E-state index in [0.29, 0.717) is 0 Å². The summed E-state index contributed by atoms with van der Waals surface area (Å²) in [7, 11) is 0. The number of rotatable bonds is 0. The van der Waals surface area contributed by atoms with E-state index in [4.69, 9.17) is 0 Å². The Labute approximate surface area is 160 Å². The van der Waals surface area contributed by atoms with Crippen LogP contribution >= 0.6 is 0 Å². The first-order valence-corrected chi connectivity index (χ1v) is 10.4. The van der Waals surface area contributed by atoms with Gasteiger partial charge in [0.15, 0.2) is 0 Å². The summed E-state index contributed by atoms with van der Waals surface area (Å²) in [5.74, 6) is 0. The van der Waals surface area contributed by atoms with Gasteiger partial charge in [-0.2, -0.15) is 0 Å². The van der Waals surface area contributed by atoms with E-state index in [-0.39, 0.29) is 0 Å². The van der Waals surface area contributed by atoms with Crippen molar-refractivity contribution < 1.29 is 0 Å². The lowest BCUT2D eigenvalue weighted by Crippen LogP contribution is -1.97. The highest BCUT2D eigenvalue weighted by Gasteiger charge is 2.36. The fraction of sp³-hybridized carbons (Fsp3) is 0.333. The average molecular weight is 348 g/mol. The van der Waals surface area contributed by atoms with E-state index < -0.39 is 0 Å². The molecule has 0 unspecified atom stereocenters. The third-order valence-electron chi connectivity index (χ3n) is 8.77. The summed E-state index contributed by atoms with van der Waals surface area (Å²) in [6.07, 6.45) is 3.42. The molecule has 0 heterocycles. The maximum Gasteiger partial charge on any atom is -0.000753 e. The van der Waals surface area contributed by atoms with Crippen LogP contribution in [-0.4, -0.2) is 0 Å². The molecule has 0 N–H and O–H groups in total. The first-order chi connectivity index (χ1) is 12.9. The van der Waals surface area contributed by atoms with Gasteiger partial charge in [-0.05, 0) is 160 Å². The van der Waals surface area contributed by atoms with Crippen LogP contribution in [0.25, 0.3) is 32.3 Å². The van der Waals surface area contributed by atoms with Crippen LogP contribution in [0.4, 0.5) is 0 Å². The maximum atomic E-state index is 2.37. The third-order valence-corrected chi connectivity index (χ3v) is 8.77. The van der Waals surface area contributed by atoms with E-state index in [1.54, 1.807) is 99.1 Å². The highest BCUT2D eigenvalue weighted by molar-refractivity contribution is 6.34. The van der Waals surface area contributed by atoms with E-state index in [0.717, 1.165) is 19.3 Å². The van der Waals surface area contributed by atoms with Crippen molar-refractivity contribution >= 4 is 32.3 Å². The van der Waals surface area contributed by atoms with Gasteiger partial charge < -0.3 is 0 Å². The molecule has 3 aliphatic rings. The number of hydrogen-bond donors (Lipinski definition) is 0. The predicted molar refractivity (Wildman–Crippen MR) is 116 cm³/mol. The summed E-state index contributed by atoms with van der Waals surface area (Å²) in [5, 5.41) is 9.78. The minimum Gasteiger partial charge on any atom is -0.0437 e. The largest absolute Gasteiger partial charge is 0.0437 e. The van der Waals surface area contributed by atoms with E-state index in [1.807, 2.05) is 0 Å². The van der Waals surface area contributed by atoms with Gasteiger partial charge >= 0.3 is 0 Å². The Morgan fingerprint density at radius 2 is 0.444 bits per heavy atom. The minimum absolute atomic E-state index is 1.14. The summed E-state index contributed by atoms with van der Waals surface area (Å²) in [5.41, 5.74) is 19.1. The Bertz CT molecular complexity index is 1160. The zero-order valence-electron chi connectivity index (χ0n) is 17.1. The SMILES string of the molecule is Cc1c(C)c2c3c4c1Cc1c(C)c(C)c5c(c14)c1c(c(C)c(C)c(c31)C2)C5. The summed E-state index contributed by atoms with van der Waals surface area (Å²) in [6.45, 7) is 14.2. The lowest BCUT2D eigenvalue weighted by molar-refractivity contribution is 1.13.